The fraction of sp³-hybridized carbons (Fsp3) is 0.222. The maximum Gasteiger partial charge on any atom is 0.334 e. The first-order valence-corrected chi connectivity index (χ1v) is 8.02. The number of aromatic hydroxyl groups is 3. The number of ether oxygens (including phenoxy) is 1. The maximum atomic E-state index is 10.3. The molecule has 26 heavy (non-hydrogen) atoms. The van der Waals surface area contributed by atoms with Crippen molar-refractivity contribution in [3.05, 3.63) is 42.0 Å². The average molecular weight is 356 g/mol. The summed E-state index contributed by atoms with van der Waals surface area (Å²) in [4.78, 5) is 0. The molecule has 0 saturated heterocycles. The predicted molar refractivity (Wildman–Crippen MR) is 96.6 cm³/mol. The molecular weight excluding hydrogens is 336 g/mol. The lowest BCUT2D eigenvalue weighted by atomic mass is 9.98. The van der Waals surface area contributed by atoms with Gasteiger partial charge in [-0.1, -0.05) is 18.9 Å². The summed E-state index contributed by atoms with van der Waals surface area (Å²) in [7, 11) is 1.58. The molecule has 1 aromatic heterocycles. The van der Waals surface area contributed by atoms with Crippen LogP contribution in [0.25, 0.3) is 11.4 Å². The van der Waals surface area contributed by atoms with Crippen LogP contribution in [0.1, 0.15) is 25.3 Å². The molecule has 2 aromatic carbocycles. The van der Waals surface area contributed by atoms with Crippen LogP contribution in [0, 0.1) is 0 Å². The Morgan fingerprint density at radius 3 is 2.31 bits per heavy atom. The molecule has 0 amide bonds. The Kier molecular flexibility index (Phi) is 4.57. The molecule has 8 heteroatoms. The zero-order valence-corrected chi connectivity index (χ0v) is 14.6. The van der Waals surface area contributed by atoms with E-state index in [4.69, 9.17) is 4.74 Å². The summed E-state index contributed by atoms with van der Waals surface area (Å²) in [6.45, 7) is 3.85. The van der Waals surface area contributed by atoms with Crippen molar-refractivity contribution < 1.29 is 20.1 Å². The van der Waals surface area contributed by atoms with Crippen LogP contribution >= 0.6 is 0 Å². The van der Waals surface area contributed by atoms with Crippen LogP contribution in [0.15, 0.2) is 36.4 Å². The van der Waals surface area contributed by atoms with Gasteiger partial charge in [0.2, 0.25) is 0 Å². The lowest BCUT2D eigenvalue weighted by molar-refractivity contribution is 0.413. The summed E-state index contributed by atoms with van der Waals surface area (Å²) in [5.74, 6) is 0.768. The van der Waals surface area contributed by atoms with Gasteiger partial charge in [0.1, 0.15) is 17.2 Å². The summed E-state index contributed by atoms with van der Waals surface area (Å²) < 4.78 is 6.37. The Balaban J connectivity index is 2.03. The minimum absolute atomic E-state index is 0.000323. The van der Waals surface area contributed by atoms with Crippen molar-refractivity contribution in [2.45, 2.75) is 19.8 Å². The number of nitrogens with zero attached hydrogens (tertiary/aromatic N) is 3. The predicted octanol–water partition coefficient (Wildman–Crippen LogP) is 3.07. The van der Waals surface area contributed by atoms with E-state index in [1.165, 1.54) is 10.7 Å². The van der Waals surface area contributed by atoms with Gasteiger partial charge in [-0.15, -0.1) is 5.10 Å². The summed E-state index contributed by atoms with van der Waals surface area (Å²) in [5, 5.41) is 37.9. The van der Waals surface area contributed by atoms with Crippen LogP contribution in [-0.4, -0.2) is 37.3 Å². The Morgan fingerprint density at radius 1 is 1.00 bits per heavy atom. The highest BCUT2D eigenvalue weighted by molar-refractivity contribution is 5.68. The summed E-state index contributed by atoms with van der Waals surface area (Å²) >= 11 is 0. The van der Waals surface area contributed by atoms with E-state index in [0.29, 0.717) is 22.6 Å². The first-order chi connectivity index (χ1) is 12.4. The van der Waals surface area contributed by atoms with E-state index >= 15 is 0 Å². The van der Waals surface area contributed by atoms with Gasteiger partial charge in [-0.2, -0.15) is 4.68 Å². The summed E-state index contributed by atoms with van der Waals surface area (Å²) in [6, 6.07) is 9.57. The number of hydrogen-bond acceptors (Lipinski definition) is 7. The number of phenolic OH excluding ortho intramolecular Hbond substituents is 2. The lowest BCUT2D eigenvalue weighted by Crippen LogP contribution is -2.10. The summed E-state index contributed by atoms with van der Waals surface area (Å²) in [5.41, 5.74) is 4.61. The highest BCUT2D eigenvalue weighted by atomic mass is 16.5. The zero-order chi connectivity index (χ0) is 18.8. The Hall–Kier alpha value is -3.42. The van der Waals surface area contributed by atoms with Crippen LogP contribution in [0.2, 0.25) is 0 Å². The number of aromatic nitrogens is 3. The molecular formula is C18H20N4O4. The second kappa shape index (κ2) is 6.83. The molecule has 0 unspecified atom stereocenters. The third-order valence-electron chi connectivity index (χ3n) is 3.98. The van der Waals surface area contributed by atoms with Gasteiger partial charge in [0, 0.05) is 6.07 Å². The van der Waals surface area contributed by atoms with E-state index in [0.717, 1.165) is 0 Å². The van der Waals surface area contributed by atoms with E-state index < -0.39 is 0 Å². The SMILES string of the molecule is COc1ccc(Nn2c(O)nnc2-c2cc(C(C)C)c(O)cc2O)cc1. The van der Waals surface area contributed by atoms with Crippen LogP contribution in [0.5, 0.6) is 23.3 Å². The molecule has 0 aliphatic rings. The first-order valence-electron chi connectivity index (χ1n) is 8.02. The van der Waals surface area contributed by atoms with Gasteiger partial charge < -0.3 is 20.1 Å². The van der Waals surface area contributed by atoms with Crippen LogP contribution in [0.3, 0.4) is 0 Å². The Morgan fingerprint density at radius 2 is 1.69 bits per heavy atom. The Bertz CT molecular complexity index is 920. The topological polar surface area (TPSA) is 113 Å². The monoisotopic (exact) mass is 356 g/mol. The zero-order valence-electron chi connectivity index (χ0n) is 14.6. The van der Waals surface area contributed by atoms with Gasteiger partial charge in [-0.05, 0) is 41.8 Å². The standard InChI is InChI=1S/C18H20N4O4/c1-10(2)13-8-14(16(24)9-15(13)23)17-19-20-18(25)22(17)21-11-4-6-12(26-3)7-5-11/h4-10,21,23-24H,1-3H3,(H,20,25). The normalized spacial score (nSPS) is 10.9. The van der Waals surface area contributed by atoms with Gasteiger partial charge >= 0.3 is 6.01 Å². The Labute approximate surface area is 150 Å². The van der Waals surface area contributed by atoms with Crippen molar-refractivity contribution in [3.8, 4) is 34.6 Å². The maximum absolute atomic E-state index is 10.3. The van der Waals surface area contributed by atoms with Crippen molar-refractivity contribution in [1.82, 2.24) is 14.9 Å². The molecule has 1 heterocycles. The number of anilines is 1. The second-order valence-corrected chi connectivity index (χ2v) is 6.08. The number of rotatable bonds is 5. The van der Waals surface area contributed by atoms with E-state index in [2.05, 4.69) is 15.6 Å². The number of benzene rings is 2. The molecule has 0 aliphatic heterocycles. The average Bonchev–Trinajstić information content (AvgIpc) is 2.96. The van der Waals surface area contributed by atoms with E-state index in [9.17, 15) is 15.3 Å². The minimum Gasteiger partial charge on any atom is -0.508 e. The van der Waals surface area contributed by atoms with Gasteiger partial charge in [-0.3, -0.25) is 5.43 Å². The highest BCUT2D eigenvalue weighted by Gasteiger charge is 2.20. The van der Waals surface area contributed by atoms with Gasteiger partial charge in [0.25, 0.3) is 0 Å². The molecule has 8 nitrogen and oxygen atoms in total. The largest absolute Gasteiger partial charge is 0.508 e. The van der Waals surface area contributed by atoms with Crippen molar-refractivity contribution in [2.24, 2.45) is 0 Å². The number of phenols is 2. The number of hydrogen-bond donors (Lipinski definition) is 4. The first kappa shape index (κ1) is 17.4. The molecule has 4 N–H and O–H groups in total. The molecule has 0 saturated carbocycles. The van der Waals surface area contributed by atoms with Crippen molar-refractivity contribution in [1.29, 1.82) is 0 Å². The third kappa shape index (κ3) is 3.21. The molecule has 0 radical (unpaired) electrons. The van der Waals surface area contributed by atoms with Gasteiger partial charge in [0.15, 0.2) is 5.82 Å². The van der Waals surface area contributed by atoms with Crippen molar-refractivity contribution in [2.75, 3.05) is 12.5 Å². The minimum atomic E-state index is -0.366. The van der Waals surface area contributed by atoms with Gasteiger partial charge in [0.05, 0.1) is 18.4 Å². The van der Waals surface area contributed by atoms with Crippen LogP contribution in [-0.2, 0) is 0 Å². The lowest BCUT2D eigenvalue weighted by Gasteiger charge is -2.14. The molecule has 3 aromatic rings. The second-order valence-electron chi connectivity index (χ2n) is 6.08. The molecule has 0 fully saturated rings. The fourth-order valence-electron chi connectivity index (χ4n) is 2.58. The van der Waals surface area contributed by atoms with Crippen molar-refractivity contribution >= 4 is 5.69 Å². The molecule has 3 rings (SSSR count). The number of nitrogens with one attached hydrogen (secondary N) is 1. The molecule has 0 bridgehead atoms. The smallest absolute Gasteiger partial charge is 0.334 e. The van der Waals surface area contributed by atoms with E-state index in [1.807, 2.05) is 13.8 Å². The highest BCUT2D eigenvalue weighted by Crippen LogP contribution is 2.37. The van der Waals surface area contributed by atoms with Crippen LogP contribution < -0.4 is 10.2 Å². The summed E-state index contributed by atoms with van der Waals surface area (Å²) in [6.07, 6.45) is 0. The third-order valence-corrected chi connectivity index (χ3v) is 3.98. The van der Waals surface area contributed by atoms with Crippen molar-refractivity contribution in [3.63, 3.8) is 0 Å². The molecule has 0 atom stereocenters. The number of methoxy groups -OCH3 is 1. The van der Waals surface area contributed by atoms with Crippen LogP contribution in [0.4, 0.5) is 5.69 Å². The molecule has 0 aliphatic carbocycles. The van der Waals surface area contributed by atoms with E-state index in [-0.39, 0.29) is 29.3 Å². The fourth-order valence-corrected chi connectivity index (χ4v) is 2.58. The molecule has 0 spiro atoms. The molecule has 136 valence electrons. The van der Waals surface area contributed by atoms with E-state index in [1.54, 1.807) is 37.4 Å². The van der Waals surface area contributed by atoms with Gasteiger partial charge in [-0.25, -0.2) is 0 Å². The quantitative estimate of drug-likeness (QED) is 0.556.